The molecule has 1 aliphatic heterocycles. The summed E-state index contributed by atoms with van der Waals surface area (Å²) in [5.41, 5.74) is 2.35. The topological polar surface area (TPSA) is 38.3 Å². The molecule has 0 spiro atoms. The molecule has 0 bridgehead atoms. The van der Waals surface area contributed by atoms with Gasteiger partial charge in [0.2, 0.25) is 5.76 Å². The molecule has 7 heteroatoms. The van der Waals surface area contributed by atoms with E-state index in [-0.39, 0.29) is 5.75 Å². The molecule has 1 aromatic rings. The van der Waals surface area contributed by atoms with Gasteiger partial charge < -0.3 is 10.1 Å². The highest BCUT2D eigenvalue weighted by atomic mass is 32.2. The molecule has 1 heterocycles. The van der Waals surface area contributed by atoms with Crippen LogP contribution < -0.4 is 5.32 Å². The molecule has 2 rings (SSSR count). The minimum atomic E-state index is -4.65. The van der Waals surface area contributed by atoms with E-state index >= 15 is 0 Å². The van der Waals surface area contributed by atoms with Crippen LogP contribution in [0.1, 0.15) is 26.3 Å². The zero-order valence-corrected chi connectivity index (χ0v) is 14.9. The van der Waals surface area contributed by atoms with Crippen molar-refractivity contribution in [3.63, 3.8) is 0 Å². The van der Waals surface area contributed by atoms with Crippen LogP contribution in [0.4, 0.5) is 18.9 Å². The van der Waals surface area contributed by atoms with Crippen LogP contribution >= 0.6 is 11.8 Å². The predicted molar refractivity (Wildman–Crippen MR) is 93.7 cm³/mol. The monoisotopic (exact) mass is 370 g/mol. The van der Waals surface area contributed by atoms with Crippen molar-refractivity contribution >= 4 is 28.9 Å². The number of amides is 1. The number of allylic oxidation sites excluding steroid dienone is 3. The van der Waals surface area contributed by atoms with Crippen LogP contribution in [0.3, 0.4) is 0 Å². The Morgan fingerprint density at radius 1 is 1.40 bits per heavy atom. The van der Waals surface area contributed by atoms with Gasteiger partial charge in [-0.2, -0.15) is 13.2 Å². The van der Waals surface area contributed by atoms with E-state index in [1.165, 1.54) is 0 Å². The summed E-state index contributed by atoms with van der Waals surface area (Å²) < 4.78 is 42.9. The third-order valence-corrected chi connectivity index (χ3v) is 4.20. The number of carbonyl (C=O) groups is 1. The molecule has 0 saturated carbocycles. The van der Waals surface area contributed by atoms with Gasteiger partial charge in [-0.3, -0.25) is 4.79 Å². The number of ether oxygens (including phenoxy) is 1. The number of thioether (sulfide) groups is 1. The van der Waals surface area contributed by atoms with Gasteiger partial charge in [-0.1, -0.05) is 38.1 Å². The van der Waals surface area contributed by atoms with Gasteiger partial charge in [0.1, 0.15) is 0 Å². The molecule has 0 saturated heterocycles. The molecule has 0 aliphatic carbocycles. The number of carbonyl (C=O) groups excluding carboxylic acids is 1. The smallest absolute Gasteiger partial charge is 0.450 e. The lowest BCUT2D eigenvalue weighted by Crippen LogP contribution is -2.36. The number of para-hydroxylation sites is 1. The lowest BCUT2D eigenvalue weighted by Gasteiger charge is -2.24. The maximum absolute atomic E-state index is 12.7. The number of halogens is 3. The molecule has 0 aromatic heterocycles. The second-order valence-electron chi connectivity index (χ2n) is 5.97. The second kappa shape index (κ2) is 7.99. The van der Waals surface area contributed by atoms with Crippen LogP contribution in [0.25, 0.3) is 5.57 Å². The van der Waals surface area contributed by atoms with Crippen molar-refractivity contribution in [2.24, 2.45) is 5.92 Å². The fourth-order valence-corrected chi connectivity index (χ4v) is 3.13. The number of anilines is 1. The molecule has 1 aromatic carbocycles. The van der Waals surface area contributed by atoms with Gasteiger partial charge in [-0.15, -0.1) is 11.8 Å². The molecule has 1 amide bonds. The SMILES string of the molecule is CC(=CC(C)C)c1ccccc1NC(=O)C1CS[C]=C(C(F)(F)F)O1. The largest absolute Gasteiger partial charge is 0.474 e. The normalized spacial score (nSPS) is 18.6. The number of nitrogens with one attached hydrogen (secondary N) is 1. The quantitative estimate of drug-likeness (QED) is 0.808. The Labute approximate surface area is 149 Å². The molecule has 1 unspecified atom stereocenters. The van der Waals surface area contributed by atoms with Crippen LogP contribution in [0.5, 0.6) is 0 Å². The number of benzene rings is 1. The minimum Gasteiger partial charge on any atom is -0.474 e. The molecular weight excluding hydrogens is 351 g/mol. The fraction of sp³-hybridized carbons (Fsp3) is 0.389. The van der Waals surface area contributed by atoms with E-state index < -0.39 is 23.9 Å². The van der Waals surface area contributed by atoms with E-state index in [4.69, 9.17) is 4.74 Å². The molecule has 25 heavy (non-hydrogen) atoms. The first kappa shape index (κ1) is 19.4. The summed E-state index contributed by atoms with van der Waals surface area (Å²) in [5.74, 6) is -1.46. The standard InChI is InChI=1S/C18H19F3NO2S/c1-11(2)8-12(3)13-6-4-5-7-14(13)22-17(23)15-9-25-10-16(24-15)18(19,20)21/h4-8,11,15H,9H2,1-3H3,(H,22,23). The number of alkyl halides is 3. The molecule has 3 nitrogen and oxygen atoms in total. The first-order valence-corrected chi connectivity index (χ1v) is 8.74. The summed E-state index contributed by atoms with van der Waals surface area (Å²) in [4.78, 5) is 12.4. The number of hydrogen-bond donors (Lipinski definition) is 1. The molecule has 0 fully saturated rings. The average Bonchev–Trinajstić information content (AvgIpc) is 2.54. The molecular formula is C18H19F3NO2S. The Hall–Kier alpha value is -1.89. The van der Waals surface area contributed by atoms with Gasteiger partial charge >= 0.3 is 6.18 Å². The first-order chi connectivity index (χ1) is 11.7. The van der Waals surface area contributed by atoms with Crippen molar-refractivity contribution < 1.29 is 22.7 Å². The van der Waals surface area contributed by atoms with E-state index in [2.05, 4.69) is 16.8 Å². The Kier molecular flexibility index (Phi) is 6.21. The number of rotatable bonds is 4. The van der Waals surface area contributed by atoms with E-state index in [0.29, 0.717) is 11.6 Å². The van der Waals surface area contributed by atoms with Gasteiger partial charge in [0.25, 0.3) is 5.91 Å². The van der Waals surface area contributed by atoms with Crippen LogP contribution in [0, 0.1) is 11.3 Å². The second-order valence-corrected chi connectivity index (χ2v) is 6.80. The van der Waals surface area contributed by atoms with Crippen LogP contribution in [0.15, 0.2) is 36.1 Å². The van der Waals surface area contributed by atoms with E-state index in [1.54, 1.807) is 12.1 Å². The van der Waals surface area contributed by atoms with Crippen molar-refractivity contribution in [2.45, 2.75) is 33.1 Å². The van der Waals surface area contributed by atoms with Crippen molar-refractivity contribution in [1.82, 2.24) is 0 Å². The zero-order valence-electron chi connectivity index (χ0n) is 14.1. The van der Waals surface area contributed by atoms with Gasteiger partial charge in [-0.25, -0.2) is 0 Å². The minimum absolute atomic E-state index is 0.0778. The third kappa shape index (κ3) is 5.29. The molecule has 135 valence electrons. The lowest BCUT2D eigenvalue weighted by atomic mass is 10.0. The van der Waals surface area contributed by atoms with Gasteiger partial charge in [-0.05, 0) is 24.5 Å². The average molecular weight is 370 g/mol. The molecule has 1 N–H and O–H groups in total. The third-order valence-electron chi connectivity index (χ3n) is 3.40. The Morgan fingerprint density at radius 2 is 2.08 bits per heavy atom. The Morgan fingerprint density at radius 3 is 2.72 bits per heavy atom. The summed E-state index contributed by atoms with van der Waals surface area (Å²) in [5, 5.41) is 4.74. The van der Waals surface area contributed by atoms with E-state index in [0.717, 1.165) is 22.9 Å². The Balaban J connectivity index is 2.16. The van der Waals surface area contributed by atoms with E-state index in [1.807, 2.05) is 32.9 Å². The summed E-state index contributed by atoms with van der Waals surface area (Å²) in [6.07, 6.45) is -3.82. The lowest BCUT2D eigenvalue weighted by molar-refractivity contribution is -0.147. The van der Waals surface area contributed by atoms with Crippen molar-refractivity contribution in [3.8, 4) is 0 Å². The van der Waals surface area contributed by atoms with Crippen LogP contribution in [-0.4, -0.2) is 23.9 Å². The summed E-state index contributed by atoms with van der Waals surface area (Å²) >= 11 is 0.792. The predicted octanol–water partition coefficient (Wildman–Crippen LogP) is 5.02. The van der Waals surface area contributed by atoms with Crippen molar-refractivity contribution in [3.05, 3.63) is 47.1 Å². The first-order valence-electron chi connectivity index (χ1n) is 7.75. The van der Waals surface area contributed by atoms with Crippen molar-refractivity contribution in [2.75, 3.05) is 11.1 Å². The molecule has 1 aliphatic rings. The van der Waals surface area contributed by atoms with E-state index in [9.17, 15) is 18.0 Å². The highest BCUT2D eigenvalue weighted by molar-refractivity contribution is 8.01. The molecule has 1 radical (unpaired) electrons. The summed E-state index contributed by atoms with van der Waals surface area (Å²) in [6.45, 7) is 6.01. The maximum atomic E-state index is 12.7. The summed E-state index contributed by atoms with van der Waals surface area (Å²) in [7, 11) is 0. The van der Waals surface area contributed by atoms with Gasteiger partial charge in [0.05, 0.1) is 5.41 Å². The van der Waals surface area contributed by atoms with Crippen LogP contribution in [0.2, 0.25) is 0 Å². The van der Waals surface area contributed by atoms with Crippen LogP contribution in [-0.2, 0) is 9.53 Å². The van der Waals surface area contributed by atoms with Crippen molar-refractivity contribution in [1.29, 1.82) is 0 Å². The summed E-state index contributed by atoms with van der Waals surface area (Å²) in [6, 6.07) is 7.17. The van der Waals surface area contributed by atoms with Gasteiger partial charge in [0.15, 0.2) is 6.10 Å². The van der Waals surface area contributed by atoms with Gasteiger partial charge in [0, 0.05) is 17.0 Å². The zero-order chi connectivity index (χ0) is 18.6. The fourth-order valence-electron chi connectivity index (χ4n) is 2.38. The highest BCUT2D eigenvalue weighted by Crippen LogP contribution is 2.33. The molecule has 1 atom stereocenters. The number of hydrogen-bond acceptors (Lipinski definition) is 3. The Bertz CT molecular complexity index is 696. The highest BCUT2D eigenvalue weighted by Gasteiger charge is 2.41. The maximum Gasteiger partial charge on any atom is 0.450 e.